The summed E-state index contributed by atoms with van der Waals surface area (Å²) in [7, 11) is -3.58. The Labute approximate surface area is 171 Å². The number of aryl methyl sites for hydroxylation is 1. The number of rotatable bonds is 8. The molecule has 0 radical (unpaired) electrons. The van der Waals surface area contributed by atoms with E-state index in [4.69, 9.17) is 15.5 Å². The predicted molar refractivity (Wildman–Crippen MR) is 110 cm³/mol. The first-order valence-electron chi connectivity index (χ1n) is 9.83. The molecule has 1 aromatic carbocycles. The lowest BCUT2D eigenvalue weighted by Crippen LogP contribution is -2.40. The van der Waals surface area contributed by atoms with Crippen LogP contribution < -0.4 is 5.73 Å². The molecule has 2 N–H and O–H groups in total. The zero-order valence-electron chi connectivity index (χ0n) is 17.2. The predicted octanol–water partition coefficient (Wildman–Crippen LogP) is 0.773. The number of nitrogens with zero attached hydrogens (tertiary/aromatic N) is 4. The number of hydrogen-bond donors (Lipinski definition) is 1. The van der Waals surface area contributed by atoms with Crippen molar-refractivity contribution >= 4 is 27.0 Å². The molecule has 1 amide bonds. The van der Waals surface area contributed by atoms with E-state index in [0.29, 0.717) is 44.9 Å². The number of ether oxygens (including phenoxy) is 1. The van der Waals surface area contributed by atoms with Gasteiger partial charge in [-0.25, -0.2) is 13.4 Å². The van der Waals surface area contributed by atoms with Gasteiger partial charge in [-0.15, -0.1) is 0 Å². The molecule has 2 heterocycles. The molecule has 160 valence electrons. The van der Waals surface area contributed by atoms with Gasteiger partial charge in [0.2, 0.25) is 15.9 Å². The SMILES string of the molecule is CCn1c(CN(CC(N)=O)C(C)C)nc2cc(S(=O)(=O)N3CCOCC3)ccc21. The van der Waals surface area contributed by atoms with Gasteiger partial charge in [0, 0.05) is 25.7 Å². The third kappa shape index (κ3) is 4.61. The molecule has 1 aliphatic heterocycles. The molecule has 0 unspecified atom stereocenters. The van der Waals surface area contributed by atoms with E-state index < -0.39 is 15.9 Å². The van der Waals surface area contributed by atoms with Gasteiger partial charge in [-0.3, -0.25) is 9.69 Å². The molecule has 1 saturated heterocycles. The van der Waals surface area contributed by atoms with E-state index in [2.05, 4.69) is 0 Å². The van der Waals surface area contributed by atoms with Gasteiger partial charge in [-0.05, 0) is 39.0 Å². The lowest BCUT2D eigenvalue weighted by molar-refractivity contribution is -0.119. The van der Waals surface area contributed by atoms with E-state index in [9.17, 15) is 13.2 Å². The molecule has 9 nitrogen and oxygen atoms in total. The number of primary amides is 1. The Hall–Kier alpha value is -2.01. The highest BCUT2D eigenvalue weighted by atomic mass is 32.2. The van der Waals surface area contributed by atoms with E-state index in [1.165, 1.54) is 4.31 Å². The Morgan fingerprint density at radius 1 is 1.31 bits per heavy atom. The summed E-state index contributed by atoms with van der Waals surface area (Å²) in [5, 5.41) is 0. The fraction of sp³-hybridized carbons (Fsp3) is 0.579. The van der Waals surface area contributed by atoms with Crippen LogP contribution in [0, 0.1) is 0 Å². The number of benzene rings is 1. The summed E-state index contributed by atoms with van der Waals surface area (Å²) in [6.07, 6.45) is 0. The second-order valence-corrected chi connectivity index (χ2v) is 9.34. The summed E-state index contributed by atoms with van der Waals surface area (Å²) in [5.41, 5.74) is 6.87. The topological polar surface area (TPSA) is 111 Å². The second-order valence-electron chi connectivity index (χ2n) is 7.40. The molecule has 1 fully saturated rings. The van der Waals surface area contributed by atoms with Gasteiger partial charge in [-0.1, -0.05) is 0 Å². The zero-order chi connectivity index (χ0) is 21.2. The molecular weight excluding hydrogens is 394 g/mol. The summed E-state index contributed by atoms with van der Waals surface area (Å²) in [5.74, 6) is 0.384. The van der Waals surface area contributed by atoms with E-state index in [1.54, 1.807) is 18.2 Å². The maximum atomic E-state index is 13.0. The average molecular weight is 424 g/mol. The maximum absolute atomic E-state index is 13.0. The van der Waals surface area contributed by atoms with Gasteiger partial charge >= 0.3 is 0 Å². The minimum Gasteiger partial charge on any atom is -0.379 e. The van der Waals surface area contributed by atoms with Crippen molar-refractivity contribution in [1.29, 1.82) is 0 Å². The number of nitrogens with two attached hydrogens (primary N) is 1. The van der Waals surface area contributed by atoms with Gasteiger partial charge in [-0.2, -0.15) is 4.31 Å². The zero-order valence-corrected chi connectivity index (χ0v) is 18.0. The molecule has 3 rings (SSSR count). The Bertz CT molecular complexity index is 980. The summed E-state index contributed by atoms with van der Waals surface area (Å²) < 4.78 is 34.7. The summed E-state index contributed by atoms with van der Waals surface area (Å²) in [4.78, 5) is 18.3. The van der Waals surface area contributed by atoms with Crippen LogP contribution in [-0.2, 0) is 32.6 Å². The standard InChI is InChI=1S/C19H29N5O4S/c1-4-24-17-6-5-15(29(26,27)23-7-9-28-10-8-23)11-16(17)21-19(24)13-22(14(2)3)12-18(20)25/h5-6,11,14H,4,7-10,12-13H2,1-3H3,(H2,20,25). The van der Waals surface area contributed by atoms with Crippen molar-refractivity contribution in [1.82, 2.24) is 18.8 Å². The maximum Gasteiger partial charge on any atom is 0.243 e. The van der Waals surface area contributed by atoms with Crippen molar-refractivity contribution in [2.75, 3.05) is 32.8 Å². The molecule has 1 aromatic heterocycles. The first-order valence-corrected chi connectivity index (χ1v) is 11.3. The number of hydrogen-bond acceptors (Lipinski definition) is 6. The summed E-state index contributed by atoms with van der Waals surface area (Å²) >= 11 is 0. The van der Waals surface area contributed by atoms with Crippen LogP contribution in [0.2, 0.25) is 0 Å². The van der Waals surface area contributed by atoms with Gasteiger partial charge in [0.25, 0.3) is 0 Å². The number of aromatic nitrogens is 2. The molecule has 0 bridgehead atoms. The smallest absolute Gasteiger partial charge is 0.243 e. The summed E-state index contributed by atoms with van der Waals surface area (Å²) in [6.45, 7) is 8.79. The monoisotopic (exact) mass is 423 g/mol. The van der Waals surface area contributed by atoms with Gasteiger partial charge < -0.3 is 15.0 Å². The van der Waals surface area contributed by atoms with Crippen molar-refractivity contribution in [3.63, 3.8) is 0 Å². The van der Waals surface area contributed by atoms with Crippen LogP contribution in [0.5, 0.6) is 0 Å². The quantitative estimate of drug-likeness (QED) is 0.672. The fourth-order valence-electron chi connectivity index (χ4n) is 3.53. The lowest BCUT2D eigenvalue weighted by Gasteiger charge is -2.26. The highest BCUT2D eigenvalue weighted by Gasteiger charge is 2.27. The Morgan fingerprint density at radius 3 is 2.59 bits per heavy atom. The van der Waals surface area contributed by atoms with Crippen LogP contribution in [-0.4, -0.2) is 72.0 Å². The van der Waals surface area contributed by atoms with E-state index in [-0.39, 0.29) is 17.5 Å². The fourth-order valence-corrected chi connectivity index (χ4v) is 4.96. The largest absolute Gasteiger partial charge is 0.379 e. The minimum atomic E-state index is -3.58. The highest BCUT2D eigenvalue weighted by molar-refractivity contribution is 7.89. The van der Waals surface area contributed by atoms with Crippen LogP contribution in [0.1, 0.15) is 26.6 Å². The minimum absolute atomic E-state index is 0.116. The molecule has 0 aliphatic carbocycles. The van der Waals surface area contributed by atoms with Crippen molar-refractivity contribution in [2.24, 2.45) is 5.73 Å². The van der Waals surface area contributed by atoms with Gasteiger partial charge in [0.15, 0.2) is 0 Å². The van der Waals surface area contributed by atoms with Crippen LogP contribution in [0.25, 0.3) is 11.0 Å². The normalized spacial score (nSPS) is 16.2. The molecule has 2 aromatic rings. The van der Waals surface area contributed by atoms with E-state index >= 15 is 0 Å². The summed E-state index contributed by atoms with van der Waals surface area (Å²) in [6, 6.07) is 5.18. The van der Waals surface area contributed by atoms with E-state index in [1.807, 2.05) is 30.2 Å². The van der Waals surface area contributed by atoms with E-state index in [0.717, 1.165) is 11.3 Å². The van der Waals surface area contributed by atoms with Crippen LogP contribution in [0.15, 0.2) is 23.1 Å². The Morgan fingerprint density at radius 2 is 2.00 bits per heavy atom. The van der Waals surface area contributed by atoms with Crippen molar-refractivity contribution in [3.05, 3.63) is 24.0 Å². The lowest BCUT2D eigenvalue weighted by atomic mass is 10.3. The van der Waals surface area contributed by atoms with Crippen LogP contribution >= 0.6 is 0 Å². The molecule has 0 saturated carbocycles. The third-order valence-electron chi connectivity index (χ3n) is 5.16. The Balaban J connectivity index is 1.96. The molecule has 0 atom stereocenters. The number of sulfonamides is 1. The first-order chi connectivity index (χ1) is 13.7. The van der Waals surface area contributed by atoms with Gasteiger partial charge in [0.05, 0.1) is 42.2 Å². The average Bonchev–Trinajstić information content (AvgIpc) is 3.03. The number of imidazole rings is 1. The molecule has 29 heavy (non-hydrogen) atoms. The van der Waals surface area contributed by atoms with Crippen molar-refractivity contribution in [2.45, 2.75) is 44.8 Å². The number of carbonyl (C=O) groups excluding carboxylic acids is 1. The van der Waals surface area contributed by atoms with Crippen LogP contribution in [0.3, 0.4) is 0 Å². The van der Waals surface area contributed by atoms with Crippen molar-refractivity contribution in [3.8, 4) is 0 Å². The Kier molecular flexibility index (Phi) is 6.57. The number of carbonyl (C=O) groups is 1. The number of fused-ring (bicyclic) bond motifs is 1. The molecule has 0 spiro atoms. The first kappa shape index (κ1) is 21.7. The second kappa shape index (κ2) is 8.78. The molecule has 10 heteroatoms. The number of morpholine rings is 1. The van der Waals surface area contributed by atoms with Gasteiger partial charge in [0.1, 0.15) is 5.82 Å². The number of amides is 1. The third-order valence-corrected chi connectivity index (χ3v) is 7.05. The van der Waals surface area contributed by atoms with Crippen LogP contribution in [0.4, 0.5) is 0 Å². The van der Waals surface area contributed by atoms with Crippen molar-refractivity contribution < 1.29 is 17.9 Å². The molecular formula is C19H29N5O4S. The molecule has 1 aliphatic rings. The highest BCUT2D eigenvalue weighted by Crippen LogP contribution is 2.24.